The van der Waals surface area contributed by atoms with Crippen molar-refractivity contribution in [3.05, 3.63) is 53.1 Å². The molecule has 0 radical (unpaired) electrons. The zero-order chi connectivity index (χ0) is 21.4. The molecule has 0 unspecified atom stereocenters. The third-order valence-corrected chi connectivity index (χ3v) is 8.20. The molecular formula is C22H28N2O4S. The minimum Gasteiger partial charge on any atom is -0.497 e. The maximum absolute atomic E-state index is 13.6. The van der Waals surface area contributed by atoms with Crippen molar-refractivity contribution < 1.29 is 17.9 Å². The van der Waals surface area contributed by atoms with Gasteiger partial charge in [-0.15, -0.1) is 0 Å². The molecule has 156 valence electrons. The number of sulfonamides is 1. The van der Waals surface area contributed by atoms with Crippen LogP contribution >= 0.6 is 0 Å². The molecule has 1 N–H and O–H groups in total. The summed E-state index contributed by atoms with van der Waals surface area (Å²) in [6.07, 6.45) is 0.885. The normalized spacial score (nSPS) is 20.9. The van der Waals surface area contributed by atoms with Gasteiger partial charge in [-0.05, 0) is 75.4 Å². The number of rotatable bonds is 4. The number of hydrogen-bond acceptors (Lipinski definition) is 4. The van der Waals surface area contributed by atoms with E-state index in [1.165, 1.54) is 11.2 Å². The molecule has 2 aromatic carbocycles. The molecule has 1 aliphatic heterocycles. The standard InChI is InChI=1S/C22H28N2O4S/c1-15-8-6-9-16(2)20(15)24-13-7-12-22(4,29(24,26)27)21(25)23-19-11-10-18(28-5)14-17(19)3/h6,8-11,14H,7,12-13H2,1-5H3,(H,23,25)/t22-/m1/s1. The van der Waals surface area contributed by atoms with Gasteiger partial charge in [0.1, 0.15) is 5.75 Å². The van der Waals surface area contributed by atoms with Crippen LogP contribution in [0.1, 0.15) is 36.5 Å². The number of nitrogens with zero attached hydrogens (tertiary/aromatic N) is 1. The Morgan fingerprint density at radius 3 is 2.34 bits per heavy atom. The highest BCUT2D eigenvalue weighted by molar-refractivity contribution is 7.95. The number of hydrogen-bond donors (Lipinski definition) is 1. The molecule has 1 saturated heterocycles. The number of para-hydroxylation sites is 1. The number of amides is 1. The van der Waals surface area contributed by atoms with Crippen molar-refractivity contribution >= 4 is 27.3 Å². The van der Waals surface area contributed by atoms with Gasteiger partial charge < -0.3 is 10.1 Å². The predicted molar refractivity (Wildman–Crippen MR) is 116 cm³/mol. The summed E-state index contributed by atoms with van der Waals surface area (Å²) in [7, 11) is -2.34. The van der Waals surface area contributed by atoms with E-state index in [0.717, 1.165) is 16.7 Å². The number of carbonyl (C=O) groups is 1. The van der Waals surface area contributed by atoms with Crippen LogP contribution in [0.25, 0.3) is 0 Å². The van der Waals surface area contributed by atoms with Crippen LogP contribution in [0.5, 0.6) is 5.75 Å². The van der Waals surface area contributed by atoms with Gasteiger partial charge in [0.15, 0.2) is 4.75 Å². The molecule has 29 heavy (non-hydrogen) atoms. The van der Waals surface area contributed by atoms with Crippen molar-refractivity contribution in [2.24, 2.45) is 0 Å². The average molecular weight is 417 g/mol. The van der Waals surface area contributed by atoms with Gasteiger partial charge in [-0.3, -0.25) is 9.10 Å². The number of nitrogens with one attached hydrogen (secondary N) is 1. The van der Waals surface area contributed by atoms with E-state index in [9.17, 15) is 13.2 Å². The second-order valence-corrected chi connectivity index (χ2v) is 10.1. The van der Waals surface area contributed by atoms with Gasteiger partial charge in [0.25, 0.3) is 0 Å². The van der Waals surface area contributed by atoms with E-state index in [1.807, 2.05) is 39.0 Å². The molecule has 1 heterocycles. The lowest BCUT2D eigenvalue weighted by molar-refractivity contribution is -0.118. The fourth-order valence-corrected chi connectivity index (χ4v) is 5.94. The zero-order valence-corrected chi connectivity index (χ0v) is 18.4. The van der Waals surface area contributed by atoms with Crippen LogP contribution in [0.3, 0.4) is 0 Å². The highest BCUT2D eigenvalue weighted by atomic mass is 32.2. The molecule has 2 aromatic rings. The lowest BCUT2D eigenvalue weighted by atomic mass is 10.0. The van der Waals surface area contributed by atoms with Gasteiger partial charge in [0.05, 0.1) is 12.8 Å². The molecule has 1 amide bonds. The maximum Gasteiger partial charge on any atom is 0.249 e. The number of benzene rings is 2. The van der Waals surface area contributed by atoms with Crippen LogP contribution in [0.15, 0.2) is 36.4 Å². The lowest BCUT2D eigenvalue weighted by Crippen LogP contribution is -2.57. The van der Waals surface area contributed by atoms with Crippen LogP contribution in [-0.4, -0.2) is 32.7 Å². The van der Waals surface area contributed by atoms with E-state index >= 15 is 0 Å². The molecule has 0 saturated carbocycles. The molecular weight excluding hydrogens is 388 g/mol. The van der Waals surface area contributed by atoms with Crippen LogP contribution < -0.4 is 14.4 Å². The van der Waals surface area contributed by atoms with E-state index < -0.39 is 20.7 Å². The van der Waals surface area contributed by atoms with Gasteiger partial charge in [-0.25, -0.2) is 8.42 Å². The molecule has 1 fully saturated rings. The minimum absolute atomic E-state index is 0.276. The largest absolute Gasteiger partial charge is 0.497 e. The molecule has 3 rings (SSSR count). The average Bonchev–Trinajstić information content (AvgIpc) is 2.66. The van der Waals surface area contributed by atoms with E-state index in [1.54, 1.807) is 25.3 Å². The van der Waals surface area contributed by atoms with Crippen LogP contribution in [0, 0.1) is 20.8 Å². The fourth-order valence-electron chi connectivity index (χ4n) is 3.87. The van der Waals surface area contributed by atoms with E-state index in [-0.39, 0.29) is 6.42 Å². The summed E-state index contributed by atoms with van der Waals surface area (Å²) in [5.41, 5.74) is 3.82. The Balaban J connectivity index is 1.97. The maximum atomic E-state index is 13.6. The Labute approximate surface area is 172 Å². The van der Waals surface area contributed by atoms with Gasteiger partial charge in [0, 0.05) is 12.2 Å². The topological polar surface area (TPSA) is 75.7 Å². The summed E-state index contributed by atoms with van der Waals surface area (Å²) in [4.78, 5) is 13.2. The molecule has 1 aliphatic rings. The van der Waals surface area contributed by atoms with Crippen molar-refractivity contribution in [3.8, 4) is 5.75 Å². The van der Waals surface area contributed by atoms with E-state index in [4.69, 9.17) is 4.74 Å². The van der Waals surface area contributed by atoms with E-state index in [0.29, 0.717) is 30.1 Å². The van der Waals surface area contributed by atoms with Crippen molar-refractivity contribution in [1.29, 1.82) is 0 Å². The Kier molecular flexibility index (Phi) is 5.63. The number of anilines is 2. The predicted octanol–water partition coefficient (Wildman–Crippen LogP) is 3.95. The molecule has 6 nitrogen and oxygen atoms in total. The highest BCUT2D eigenvalue weighted by Crippen LogP contribution is 2.39. The number of methoxy groups -OCH3 is 1. The van der Waals surface area contributed by atoms with E-state index in [2.05, 4.69) is 5.32 Å². The van der Waals surface area contributed by atoms with Crippen molar-refractivity contribution in [3.63, 3.8) is 0 Å². The van der Waals surface area contributed by atoms with Crippen molar-refractivity contribution in [1.82, 2.24) is 0 Å². The summed E-state index contributed by atoms with van der Waals surface area (Å²) >= 11 is 0. The van der Waals surface area contributed by atoms with Gasteiger partial charge >= 0.3 is 0 Å². The smallest absolute Gasteiger partial charge is 0.249 e. The Morgan fingerprint density at radius 1 is 1.10 bits per heavy atom. The monoisotopic (exact) mass is 416 g/mol. The first kappa shape index (κ1) is 21.2. The summed E-state index contributed by atoms with van der Waals surface area (Å²) in [6.45, 7) is 7.53. The minimum atomic E-state index is -3.91. The summed E-state index contributed by atoms with van der Waals surface area (Å²) < 4.78 is 32.3. The molecule has 0 spiro atoms. The Morgan fingerprint density at radius 2 is 1.76 bits per heavy atom. The number of aryl methyl sites for hydroxylation is 3. The first-order valence-electron chi connectivity index (χ1n) is 9.66. The highest BCUT2D eigenvalue weighted by Gasteiger charge is 2.52. The SMILES string of the molecule is COc1ccc(NC(=O)[C@@]2(C)CCCN(c3c(C)cccc3C)S2(=O)=O)c(C)c1. The summed E-state index contributed by atoms with van der Waals surface area (Å²) in [5.74, 6) is 0.167. The molecule has 0 aromatic heterocycles. The van der Waals surface area contributed by atoms with Gasteiger partial charge in [-0.1, -0.05) is 18.2 Å². The fraction of sp³-hybridized carbons (Fsp3) is 0.409. The number of ether oxygens (including phenoxy) is 1. The Bertz CT molecular complexity index is 1030. The Hall–Kier alpha value is -2.54. The van der Waals surface area contributed by atoms with Crippen molar-refractivity contribution in [2.75, 3.05) is 23.3 Å². The quantitative estimate of drug-likeness (QED) is 0.819. The summed E-state index contributed by atoms with van der Waals surface area (Å²) in [6, 6.07) is 11.0. The van der Waals surface area contributed by atoms with Gasteiger partial charge in [-0.2, -0.15) is 0 Å². The zero-order valence-electron chi connectivity index (χ0n) is 17.6. The lowest BCUT2D eigenvalue weighted by Gasteiger charge is -2.40. The summed E-state index contributed by atoms with van der Waals surface area (Å²) in [5, 5.41) is 2.83. The molecule has 7 heteroatoms. The second kappa shape index (κ2) is 7.71. The van der Waals surface area contributed by atoms with Crippen LogP contribution in [-0.2, 0) is 14.8 Å². The second-order valence-electron chi connectivity index (χ2n) is 7.79. The van der Waals surface area contributed by atoms with Crippen LogP contribution in [0.2, 0.25) is 0 Å². The van der Waals surface area contributed by atoms with Gasteiger partial charge in [0.2, 0.25) is 15.9 Å². The molecule has 0 aliphatic carbocycles. The molecule has 0 bridgehead atoms. The first-order valence-corrected chi connectivity index (χ1v) is 11.1. The van der Waals surface area contributed by atoms with Crippen molar-refractivity contribution in [2.45, 2.75) is 45.3 Å². The third kappa shape index (κ3) is 3.59. The number of carbonyl (C=O) groups excluding carboxylic acids is 1. The third-order valence-electron chi connectivity index (χ3n) is 5.73. The first-order chi connectivity index (χ1) is 13.6. The van der Waals surface area contributed by atoms with Crippen LogP contribution in [0.4, 0.5) is 11.4 Å². The molecule has 1 atom stereocenters.